The molecule has 0 aromatic heterocycles. The van der Waals surface area contributed by atoms with Gasteiger partial charge in [0.05, 0.1) is 4.90 Å². The molecule has 6 nitrogen and oxygen atoms in total. The molecule has 7 heteroatoms. The molecule has 2 fully saturated rings. The van der Waals surface area contributed by atoms with Gasteiger partial charge < -0.3 is 10.6 Å². The molecule has 2 aliphatic heterocycles. The second kappa shape index (κ2) is 8.97. The molecule has 0 radical (unpaired) electrons. The van der Waals surface area contributed by atoms with Gasteiger partial charge in [-0.3, -0.25) is 4.79 Å². The lowest BCUT2D eigenvalue weighted by atomic mass is 10.0. The molecule has 1 aromatic carbocycles. The third kappa shape index (κ3) is 4.84. The van der Waals surface area contributed by atoms with Gasteiger partial charge in [-0.2, -0.15) is 4.31 Å². The topological polar surface area (TPSA) is 78.5 Å². The van der Waals surface area contributed by atoms with Crippen molar-refractivity contribution >= 4 is 15.9 Å². The zero-order chi connectivity index (χ0) is 18.4. The molecule has 1 atom stereocenters. The molecule has 1 aromatic rings. The van der Waals surface area contributed by atoms with Crippen molar-refractivity contribution in [3.8, 4) is 0 Å². The number of hydrogen-bond acceptors (Lipinski definition) is 4. The first-order valence-corrected chi connectivity index (χ1v) is 11.1. The van der Waals surface area contributed by atoms with E-state index in [0.29, 0.717) is 35.9 Å². The number of rotatable bonds is 7. The highest BCUT2D eigenvalue weighted by Gasteiger charge is 2.27. The summed E-state index contributed by atoms with van der Waals surface area (Å²) in [7, 11) is -3.49. The average molecular weight is 380 g/mol. The summed E-state index contributed by atoms with van der Waals surface area (Å²) >= 11 is 0. The van der Waals surface area contributed by atoms with E-state index < -0.39 is 10.0 Å². The Labute approximate surface area is 156 Å². The van der Waals surface area contributed by atoms with E-state index in [0.717, 1.165) is 45.2 Å². The molecular weight excluding hydrogens is 350 g/mol. The highest BCUT2D eigenvalue weighted by molar-refractivity contribution is 7.89. The third-order valence-electron chi connectivity index (χ3n) is 5.32. The van der Waals surface area contributed by atoms with Crippen molar-refractivity contribution in [1.82, 2.24) is 14.9 Å². The van der Waals surface area contributed by atoms with Crippen LogP contribution in [-0.2, 0) is 21.4 Å². The number of hydrogen-bond donors (Lipinski definition) is 2. The van der Waals surface area contributed by atoms with Gasteiger partial charge in [-0.1, -0.05) is 24.6 Å². The lowest BCUT2D eigenvalue weighted by Crippen LogP contribution is -2.36. The maximum atomic E-state index is 13.0. The molecule has 0 saturated carbocycles. The van der Waals surface area contributed by atoms with Crippen LogP contribution in [0.3, 0.4) is 0 Å². The lowest BCUT2D eigenvalue weighted by Gasteiger charge is -2.26. The van der Waals surface area contributed by atoms with Crippen LogP contribution in [0, 0.1) is 5.92 Å². The average Bonchev–Trinajstić information content (AvgIpc) is 3.19. The quantitative estimate of drug-likeness (QED) is 0.758. The van der Waals surface area contributed by atoms with Gasteiger partial charge in [0, 0.05) is 26.1 Å². The first-order chi connectivity index (χ1) is 12.6. The Morgan fingerprint density at radius 1 is 1.19 bits per heavy atom. The number of carbonyl (C=O) groups is 1. The molecule has 0 spiro atoms. The Bertz CT molecular complexity index is 708. The maximum Gasteiger partial charge on any atom is 0.243 e. The number of benzene rings is 1. The lowest BCUT2D eigenvalue weighted by molar-refractivity contribution is -0.121. The number of sulfonamides is 1. The van der Waals surface area contributed by atoms with Gasteiger partial charge in [0.15, 0.2) is 0 Å². The van der Waals surface area contributed by atoms with Crippen molar-refractivity contribution in [3.63, 3.8) is 0 Å². The van der Waals surface area contributed by atoms with E-state index >= 15 is 0 Å². The van der Waals surface area contributed by atoms with Crippen LogP contribution in [0.1, 0.15) is 44.1 Å². The van der Waals surface area contributed by atoms with Crippen LogP contribution in [-0.4, -0.2) is 44.8 Å². The zero-order valence-electron chi connectivity index (χ0n) is 15.2. The number of nitrogens with one attached hydrogen (secondary N) is 2. The van der Waals surface area contributed by atoms with Crippen molar-refractivity contribution in [2.24, 2.45) is 5.92 Å². The van der Waals surface area contributed by atoms with Crippen molar-refractivity contribution < 1.29 is 13.2 Å². The van der Waals surface area contributed by atoms with E-state index in [1.807, 2.05) is 6.07 Å². The minimum atomic E-state index is -3.49. The fourth-order valence-electron chi connectivity index (χ4n) is 3.72. The number of piperidine rings is 1. The Morgan fingerprint density at radius 2 is 1.96 bits per heavy atom. The highest BCUT2D eigenvalue weighted by atomic mass is 32.2. The molecule has 1 unspecified atom stereocenters. The first-order valence-electron chi connectivity index (χ1n) is 9.63. The molecular formula is C19H29N3O3S. The Hall–Kier alpha value is -1.44. The van der Waals surface area contributed by atoms with Gasteiger partial charge in [0.25, 0.3) is 0 Å². The fourth-order valence-corrected chi connectivity index (χ4v) is 5.46. The van der Waals surface area contributed by atoms with Gasteiger partial charge in [-0.25, -0.2) is 8.42 Å². The molecule has 3 rings (SSSR count). The second-order valence-electron chi connectivity index (χ2n) is 7.25. The zero-order valence-corrected chi connectivity index (χ0v) is 16.1. The SMILES string of the molecule is O=C(CCC1CCNC1)NCc1ccccc1S(=O)(=O)N1CCCCC1. The molecule has 26 heavy (non-hydrogen) atoms. The van der Waals surface area contributed by atoms with Crippen molar-refractivity contribution in [2.45, 2.75) is 50.0 Å². The third-order valence-corrected chi connectivity index (χ3v) is 7.32. The van der Waals surface area contributed by atoms with E-state index in [9.17, 15) is 13.2 Å². The molecule has 2 aliphatic rings. The maximum absolute atomic E-state index is 13.0. The largest absolute Gasteiger partial charge is 0.352 e. The Balaban J connectivity index is 1.60. The summed E-state index contributed by atoms with van der Waals surface area (Å²) in [5, 5.41) is 6.20. The van der Waals surface area contributed by atoms with E-state index in [-0.39, 0.29) is 12.5 Å². The minimum Gasteiger partial charge on any atom is -0.352 e. The van der Waals surface area contributed by atoms with Gasteiger partial charge in [-0.15, -0.1) is 0 Å². The number of amides is 1. The van der Waals surface area contributed by atoms with E-state index in [4.69, 9.17) is 0 Å². The predicted octanol–water partition coefficient (Wildman–Crippen LogP) is 1.87. The van der Waals surface area contributed by atoms with Crippen LogP contribution >= 0.6 is 0 Å². The fraction of sp³-hybridized carbons (Fsp3) is 0.632. The monoisotopic (exact) mass is 379 g/mol. The summed E-state index contributed by atoms with van der Waals surface area (Å²) in [6.45, 7) is 3.44. The summed E-state index contributed by atoms with van der Waals surface area (Å²) in [5.74, 6) is 0.564. The summed E-state index contributed by atoms with van der Waals surface area (Å²) in [5.41, 5.74) is 0.661. The molecule has 1 amide bonds. The highest BCUT2D eigenvalue weighted by Crippen LogP contribution is 2.23. The Kier molecular flexibility index (Phi) is 6.67. The van der Waals surface area contributed by atoms with E-state index in [1.54, 1.807) is 22.5 Å². The van der Waals surface area contributed by atoms with Gasteiger partial charge >= 0.3 is 0 Å². The summed E-state index contributed by atoms with van der Waals surface area (Å²) in [4.78, 5) is 12.5. The molecule has 0 bridgehead atoms. The van der Waals surface area contributed by atoms with Crippen LogP contribution < -0.4 is 10.6 Å². The van der Waals surface area contributed by atoms with Crippen LogP contribution in [0.5, 0.6) is 0 Å². The summed E-state index contributed by atoms with van der Waals surface area (Å²) in [6.07, 6.45) is 5.41. The predicted molar refractivity (Wildman–Crippen MR) is 101 cm³/mol. The van der Waals surface area contributed by atoms with Gasteiger partial charge in [-0.05, 0) is 56.3 Å². The molecule has 144 valence electrons. The first kappa shape index (κ1) is 19.3. The van der Waals surface area contributed by atoms with Gasteiger partial charge in [0.1, 0.15) is 0 Å². The minimum absolute atomic E-state index is 0.0120. The molecule has 2 heterocycles. The Morgan fingerprint density at radius 3 is 2.69 bits per heavy atom. The van der Waals surface area contributed by atoms with Crippen LogP contribution in [0.4, 0.5) is 0 Å². The van der Waals surface area contributed by atoms with E-state index in [2.05, 4.69) is 10.6 Å². The number of carbonyl (C=O) groups excluding carboxylic acids is 1. The van der Waals surface area contributed by atoms with Crippen molar-refractivity contribution in [1.29, 1.82) is 0 Å². The second-order valence-corrected chi connectivity index (χ2v) is 9.15. The van der Waals surface area contributed by atoms with Crippen LogP contribution in [0.15, 0.2) is 29.2 Å². The van der Waals surface area contributed by atoms with Crippen LogP contribution in [0.25, 0.3) is 0 Å². The van der Waals surface area contributed by atoms with E-state index in [1.165, 1.54) is 0 Å². The smallest absolute Gasteiger partial charge is 0.243 e. The summed E-state index contributed by atoms with van der Waals surface area (Å²) in [6, 6.07) is 7.00. The molecule has 2 N–H and O–H groups in total. The van der Waals surface area contributed by atoms with Crippen molar-refractivity contribution in [3.05, 3.63) is 29.8 Å². The van der Waals surface area contributed by atoms with Gasteiger partial charge in [0.2, 0.25) is 15.9 Å². The number of nitrogens with zero attached hydrogens (tertiary/aromatic N) is 1. The molecule has 0 aliphatic carbocycles. The summed E-state index contributed by atoms with van der Waals surface area (Å²) < 4.78 is 27.5. The standard InChI is InChI=1S/C19H29N3O3S/c23-19(9-8-16-10-11-20-14-16)21-15-17-6-2-3-7-18(17)26(24,25)22-12-4-1-5-13-22/h2-3,6-7,16,20H,1,4-5,8-15H2,(H,21,23). The molecule has 2 saturated heterocycles. The normalized spacial score (nSPS) is 21.6. The van der Waals surface area contributed by atoms with Crippen molar-refractivity contribution in [2.75, 3.05) is 26.2 Å². The van der Waals surface area contributed by atoms with Crippen LogP contribution in [0.2, 0.25) is 0 Å².